The molecule has 0 aromatic rings. The van der Waals surface area contributed by atoms with Gasteiger partial charge in [0.25, 0.3) is 0 Å². The Hall–Kier alpha value is -1.47. The van der Waals surface area contributed by atoms with Crippen molar-refractivity contribution in [2.45, 2.75) is 84.0 Å². The van der Waals surface area contributed by atoms with E-state index in [4.69, 9.17) is 9.84 Å². The van der Waals surface area contributed by atoms with Gasteiger partial charge in [-0.15, -0.1) is 0 Å². The van der Waals surface area contributed by atoms with E-state index in [0.717, 1.165) is 19.3 Å². The second-order valence-electron chi connectivity index (χ2n) is 6.07. The minimum absolute atomic E-state index is 0. The summed E-state index contributed by atoms with van der Waals surface area (Å²) in [6.07, 6.45) is 10.9. The van der Waals surface area contributed by atoms with Crippen molar-refractivity contribution in [3.63, 3.8) is 0 Å². The number of rotatable bonds is 16. The Kier molecular flexibility index (Phi) is 19.4. The van der Waals surface area contributed by atoms with E-state index in [1.54, 1.807) is 0 Å². The highest BCUT2D eigenvalue weighted by molar-refractivity contribution is 5.85. The maximum absolute atomic E-state index is 11.5. The smallest absolute Gasteiger partial charge is 0.314 e. The zero-order valence-electron chi connectivity index (χ0n) is 15.7. The third-order valence-electron chi connectivity index (χ3n) is 3.73. The summed E-state index contributed by atoms with van der Waals surface area (Å²) in [6.45, 7) is 2.83. The first-order chi connectivity index (χ1) is 11.6. The molecule has 5 N–H and O–H groups in total. The van der Waals surface area contributed by atoms with Gasteiger partial charge in [-0.1, -0.05) is 58.3 Å². The lowest BCUT2D eigenvalue weighted by atomic mass is 10.1. The number of esters is 2. The maximum Gasteiger partial charge on any atom is 0.314 e. The summed E-state index contributed by atoms with van der Waals surface area (Å²) in [4.78, 5) is 33.2. The van der Waals surface area contributed by atoms with E-state index in [0.29, 0.717) is 13.1 Å². The number of carbonyl (C=O) groups is 3. The molecule has 0 aromatic carbocycles. The molecule has 0 spiro atoms. The summed E-state index contributed by atoms with van der Waals surface area (Å²) >= 11 is 0. The normalized spacial score (nSPS) is 10.1. The molecule has 25 heavy (non-hydrogen) atoms. The Morgan fingerprint density at radius 2 is 1.24 bits per heavy atom. The number of ether oxygens (including phenoxy) is 1. The van der Waals surface area contributed by atoms with Gasteiger partial charge < -0.3 is 21.3 Å². The fourth-order valence-electron chi connectivity index (χ4n) is 2.32. The molecular formula is C18H36N2O5. The van der Waals surface area contributed by atoms with Crippen molar-refractivity contribution >= 4 is 17.9 Å². The molecule has 0 amide bonds. The maximum atomic E-state index is 11.5. The average molecular weight is 360 g/mol. The Labute approximate surface area is 151 Å². The lowest BCUT2D eigenvalue weighted by Crippen LogP contribution is -2.23. The summed E-state index contributed by atoms with van der Waals surface area (Å²) in [5.74, 6) is -1.91. The van der Waals surface area contributed by atoms with Gasteiger partial charge in [0.2, 0.25) is 0 Å². The van der Waals surface area contributed by atoms with Crippen molar-refractivity contribution in [3.05, 3.63) is 0 Å². The first-order valence-electron chi connectivity index (χ1n) is 9.22. The van der Waals surface area contributed by atoms with E-state index >= 15 is 0 Å². The minimum atomic E-state index is -0.888. The van der Waals surface area contributed by atoms with Gasteiger partial charge in [0, 0.05) is 19.5 Å². The highest BCUT2D eigenvalue weighted by Crippen LogP contribution is 2.10. The Morgan fingerprint density at radius 3 is 1.80 bits per heavy atom. The molecule has 0 heterocycles. The van der Waals surface area contributed by atoms with Gasteiger partial charge in [0.15, 0.2) is 0 Å². The molecule has 0 aliphatic rings. The molecule has 0 aliphatic heterocycles. The molecule has 7 heteroatoms. The van der Waals surface area contributed by atoms with Crippen LogP contribution in [-0.4, -0.2) is 36.1 Å². The molecule has 148 valence electrons. The van der Waals surface area contributed by atoms with Crippen LogP contribution in [0.1, 0.15) is 84.0 Å². The van der Waals surface area contributed by atoms with Gasteiger partial charge >= 0.3 is 17.9 Å². The second-order valence-corrected chi connectivity index (χ2v) is 6.07. The number of unbranched alkanes of at least 4 members (excludes halogenated alkanes) is 8. The fourth-order valence-corrected chi connectivity index (χ4v) is 2.32. The van der Waals surface area contributed by atoms with Crippen molar-refractivity contribution in [1.82, 2.24) is 11.5 Å². The van der Waals surface area contributed by atoms with Crippen LogP contribution in [-0.2, 0) is 19.1 Å². The largest absolute Gasteiger partial charge is 0.481 e. The van der Waals surface area contributed by atoms with Crippen LogP contribution in [0.4, 0.5) is 0 Å². The molecule has 0 saturated heterocycles. The monoisotopic (exact) mass is 360 g/mol. The second kappa shape index (κ2) is 18.9. The van der Waals surface area contributed by atoms with Crippen LogP contribution in [0.25, 0.3) is 0 Å². The fraction of sp³-hybridized carbons (Fsp3) is 0.833. The number of carboxylic acid groups (broad SMARTS) is 1. The average Bonchev–Trinajstić information content (AvgIpc) is 2.52. The SMILES string of the molecule is CCCCCCCCCCCC(=O)OC(=O)CCNCCC(=O)O.N. The first kappa shape index (κ1) is 25.8. The summed E-state index contributed by atoms with van der Waals surface area (Å²) in [5.41, 5.74) is 0. The van der Waals surface area contributed by atoms with Gasteiger partial charge in [-0.05, 0) is 6.42 Å². The molecule has 0 aromatic heterocycles. The van der Waals surface area contributed by atoms with Gasteiger partial charge in [-0.2, -0.15) is 0 Å². The van der Waals surface area contributed by atoms with Gasteiger partial charge in [-0.3, -0.25) is 14.4 Å². The van der Waals surface area contributed by atoms with Crippen LogP contribution in [0.2, 0.25) is 0 Å². The molecule has 7 nitrogen and oxygen atoms in total. The van der Waals surface area contributed by atoms with E-state index < -0.39 is 17.9 Å². The highest BCUT2D eigenvalue weighted by Gasteiger charge is 2.09. The van der Waals surface area contributed by atoms with E-state index in [9.17, 15) is 14.4 Å². The zero-order valence-corrected chi connectivity index (χ0v) is 15.7. The lowest BCUT2D eigenvalue weighted by molar-refractivity contribution is -0.159. The zero-order chi connectivity index (χ0) is 18.0. The molecular weight excluding hydrogens is 324 g/mol. The van der Waals surface area contributed by atoms with Crippen molar-refractivity contribution in [2.24, 2.45) is 0 Å². The first-order valence-corrected chi connectivity index (χ1v) is 9.22. The highest BCUT2D eigenvalue weighted by atomic mass is 16.6. The van der Waals surface area contributed by atoms with Crippen molar-refractivity contribution in [3.8, 4) is 0 Å². The van der Waals surface area contributed by atoms with Crippen LogP contribution in [0.15, 0.2) is 0 Å². The quantitative estimate of drug-likeness (QED) is 0.218. The predicted octanol–water partition coefficient (Wildman–Crippen LogP) is 3.59. The van der Waals surface area contributed by atoms with Gasteiger partial charge in [-0.25, -0.2) is 0 Å². The number of aliphatic carboxylic acids is 1. The number of nitrogens with one attached hydrogen (secondary N) is 1. The van der Waals surface area contributed by atoms with E-state index in [-0.39, 0.29) is 25.4 Å². The molecule has 0 saturated carbocycles. The van der Waals surface area contributed by atoms with Crippen LogP contribution in [0.5, 0.6) is 0 Å². The van der Waals surface area contributed by atoms with Crippen LogP contribution >= 0.6 is 0 Å². The lowest BCUT2D eigenvalue weighted by Gasteiger charge is -2.04. The minimum Gasteiger partial charge on any atom is -0.481 e. The molecule has 0 fully saturated rings. The molecule has 0 aliphatic carbocycles. The van der Waals surface area contributed by atoms with E-state index in [2.05, 4.69) is 12.2 Å². The van der Waals surface area contributed by atoms with Crippen LogP contribution < -0.4 is 11.5 Å². The third-order valence-corrected chi connectivity index (χ3v) is 3.73. The summed E-state index contributed by atoms with van der Waals surface area (Å²) in [5, 5.41) is 11.3. The number of carbonyl (C=O) groups excluding carboxylic acids is 2. The molecule has 0 bridgehead atoms. The van der Waals surface area contributed by atoms with Crippen LogP contribution in [0.3, 0.4) is 0 Å². The van der Waals surface area contributed by atoms with E-state index in [1.165, 1.54) is 38.5 Å². The Bertz CT molecular complexity index is 361. The van der Waals surface area contributed by atoms with Gasteiger partial charge in [0.05, 0.1) is 12.8 Å². The Balaban J connectivity index is 0. The third kappa shape index (κ3) is 20.5. The number of hydrogen-bond acceptors (Lipinski definition) is 6. The standard InChI is InChI=1S/C18H33NO5.H3N/c1-2-3-4-5-6-7-8-9-10-11-17(22)24-18(23)13-15-19-14-12-16(20)21;/h19H,2-15H2,1H3,(H,20,21);1H3. The summed E-state index contributed by atoms with van der Waals surface area (Å²) in [7, 11) is 0. The number of carboxylic acids is 1. The predicted molar refractivity (Wildman–Crippen MR) is 97.7 cm³/mol. The number of hydrogen-bond donors (Lipinski definition) is 3. The molecule has 0 rings (SSSR count). The molecule has 0 radical (unpaired) electrons. The summed E-state index contributed by atoms with van der Waals surface area (Å²) < 4.78 is 4.72. The van der Waals surface area contributed by atoms with Gasteiger partial charge in [0.1, 0.15) is 0 Å². The van der Waals surface area contributed by atoms with Crippen molar-refractivity contribution in [1.29, 1.82) is 0 Å². The summed E-state index contributed by atoms with van der Waals surface area (Å²) in [6, 6.07) is 0. The van der Waals surface area contributed by atoms with Crippen molar-refractivity contribution < 1.29 is 24.2 Å². The molecule has 0 unspecified atom stereocenters. The van der Waals surface area contributed by atoms with E-state index in [1.807, 2.05) is 0 Å². The van der Waals surface area contributed by atoms with Crippen LogP contribution in [0, 0.1) is 0 Å². The molecule has 0 atom stereocenters. The Morgan fingerprint density at radius 1 is 0.760 bits per heavy atom. The topological polar surface area (TPSA) is 128 Å². The van der Waals surface area contributed by atoms with Crippen molar-refractivity contribution in [2.75, 3.05) is 13.1 Å².